The molecule has 0 atom stereocenters. The molecule has 0 aliphatic carbocycles. The van der Waals surface area contributed by atoms with Crippen molar-refractivity contribution in [3.05, 3.63) is 57.9 Å². The number of non-ortho nitro benzene ring substituents is 1. The summed E-state index contributed by atoms with van der Waals surface area (Å²) in [6.45, 7) is 1.64. The van der Waals surface area contributed by atoms with Crippen molar-refractivity contribution in [1.29, 1.82) is 0 Å². The SMILES string of the molecule is Cc1ccc(NC(=S)Nc2cc([N+](=O)[O-])ccc2O)cc1F. The lowest BCUT2D eigenvalue weighted by atomic mass is 10.2. The molecule has 0 heterocycles. The molecule has 0 fully saturated rings. The van der Waals surface area contributed by atoms with Gasteiger partial charge < -0.3 is 15.7 Å². The predicted molar refractivity (Wildman–Crippen MR) is 85.7 cm³/mol. The zero-order chi connectivity index (χ0) is 16.3. The average Bonchev–Trinajstić information content (AvgIpc) is 2.45. The molecule has 22 heavy (non-hydrogen) atoms. The van der Waals surface area contributed by atoms with E-state index in [9.17, 15) is 19.6 Å². The highest BCUT2D eigenvalue weighted by Crippen LogP contribution is 2.28. The first-order chi connectivity index (χ1) is 10.4. The van der Waals surface area contributed by atoms with E-state index in [2.05, 4.69) is 10.6 Å². The van der Waals surface area contributed by atoms with Gasteiger partial charge in [0.05, 0.1) is 10.6 Å². The largest absolute Gasteiger partial charge is 0.506 e. The van der Waals surface area contributed by atoms with Gasteiger partial charge in [-0.25, -0.2) is 4.39 Å². The Morgan fingerprint density at radius 3 is 2.64 bits per heavy atom. The van der Waals surface area contributed by atoms with Crippen molar-refractivity contribution in [2.45, 2.75) is 6.92 Å². The Morgan fingerprint density at radius 2 is 2.00 bits per heavy atom. The van der Waals surface area contributed by atoms with Crippen LogP contribution in [0.15, 0.2) is 36.4 Å². The van der Waals surface area contributed by atoms with Crippen molar-refractivity contribution in [1.82, 2.24) is 0 Å². The van der Waals surface area contributed by atoms with E-state index in [4.69, 9.17) is 12.2 Å². The van der Waals surface area contributed by atoms with Gasteiger partial charge in [-0.2, -0.15) is 0 Å². The van der Waals surface area contributed by atoms with Gasteiger partial charge in [-0.3, -0.25) is 10.1 Å². The first-order valence-electron chi connectivity index (χ1n) is 6.18. The van der Waals surface area contributed by atoms with Crippen molar-refractivity contribution >= 4 is 34.4 Å². The van der Waals surface area contributed by atoms with Crippen LogP contribution in [0, 0.1) is 22.9 Å². The van der Waals surface area contributed by atoms with Crippen LogP contribution in [0.3, 0.4) is 0 Å². The third-order valence-electron chi connectivity index (χ3n) is 2.87. The van der Waals surface area contributed by atoms with Gasteiger partial charge in [0.15, 0.2) is 5.11 Å². The lowest BCUT2D eigenvalue weighted by Gasteiger charge is -2.12. The Labute approximate surface area is 130 Å². The minimum Gasteiger partial charge on any atom is -0.506 e. The van der Waals surface area contributed by atoms with E-state index in [-0.39, 0.29) is 28.1 Å². The highest BCUT2D eigenvalue weighted by Gasteiger charge is 2.11. The second kappa shape index (κ2) is 6.35. The maximum Gasteiger partial charge on any atom is 0.271 e. The van der Waals surface area contributed by atoms with Crippen LogP contribution in [0.4, 0.5) is 21.5 Å². The Kier molecular flexibility index (Phi) is 4.52. The second-order valence-corrected chi connectivity index (χ2v) is 4.91. The third kappa shape index (κ3) is 3.67. The normalized spacial score (nSPS) is 10.1. The fourth-order valence-electron chi connectivity index (χ4n) is 1.69. The maximum atomic E-state index is 13.4. The van der Waals surface area contributed by atoms with Crippen molar-refractivity contribution in [2.75, 3.05) is 10.6 Å². The number of thiocarbonyl (C=S) groups is 1. The van der Waals surface area contributed by atoms with Gasteiger partial charge in [-0.1, -0.05) is 6.07 Å². The molecule has 0 saturated heterocycles. The number of phenolic OH excluding ortho intramolecular Hbond substituents is 1. The number of hydrogen-bond acceptors (Lipinski definition) is 4. The van der Waals surface area contributed by atoms with E-state index in [0.717, 1.165) is 6.07 Å². The molecule has 2 rings (SSSR count). The minimum atomic E-state index is -0.587. The van der Waals surface area contributed by atoms with Gasteiger partial charge in [0.2, 0.25) is 0 Å². The quantitative estimate of drug-likeness (QED) is 0.347. The molecule has 0 radical (unpaired) electrons. The van der Waals surface area contributed by atoms with Gasteiger partial charge >= 0.3 is 0 Å². The summed E-state index contributed by atoms with van der Waals surface area (Å²) < 4.78 is 13.4. The monoisotopic (exact) mass is 321 g/mol. The van der Waals surface area contributed by atoms with Crippen LogP contribution in [0.1, 0.15) is 5.56 Å². The summed E-state index contributed by atoms with van der Waals surface area (Å²) in [4.78, 5) is 10.1. The van der Waals surface area contributed by atoms with Gasteiger partial charge in [0, 0.05) is 17.8 Å². The molecule has 0 unspecified atom stereocenters. The molecular weight excluding hydrogens is 309 g/mol. The van der Waals surface area contributed by atoms with Crippen molar-refractivity contribution in [3.63, 3.8) is 0 Å². The maximum absolute atomic E-state index is 13.4. The highest BCUT2D eigenvalue weighted by atomic mass is 32.1. The van der Waals surface area contributed by atoms with E-state index in [1.165, 1.54) is 18.2 Å². The molecular formula is C14H12FN3O3S. The lowest BCUT2D eigenvalue weighted by molar-refractivity contribution is -0.384. The van der Waals surface area contributed by atoms with Crippen LogP contribution in [0.25, 0.3) is 0 Å². The molecule has 2 aromatic rings. The zero-order valence-corrected chi connectivity index (χ0v) is 12.3. The number of nitrogens with one attached hydrogen (secondary N) is 2. The highest BCUT2D eigenvalue weighted by molar-refractivity contribution is 7.80. The number of phenols is 1. The van der Waals surface area contributed by atoms with E-state index in [1.54, 1.807) is 19.1 Å². The summed E-state index contributed by atoms with van der Waals surface area (Å²) in [6, 6.07) is 8.02. The van der Waals surface area contributed by atoms with Crippen molar-refractivity contribution < 1.29 is 14.4 Å². The van der Waals surface area contributed by atoms with Crippen LogP contribution < -0.4 is 10.6 Å². The molecule has 0 bridgehead atoms. The summed E-state index contributed by atoms with van der Waals surface area (Å²) in [5.41, 5.74) is 0.815. The fraction of sp³-hybridized carbons (Fsp3) is 0.0714. The molecule has 0 saturated carbocycles. The standard InChI is InChI=1S/C14H12FN3O3S/c1-8-2-3-9(6-11(8)15)16-14(22)17-12-7-10(18(20)21)4-5-13(12)19/h2-7,19H,1H3,(H2,16,17,22). The molecule has 3 N–H and O–H groups in total. The van der Waals surface area contributed by atoms with Crippen LogP contribution in [0.5, 0.6) is 5.75 Å². The minimum absolute atomic E-state index is 0.0686. The Hall–Kier alpha value is -2.74. The average molecular weight is 321 g/mol. The second-order valence-electron chi connectivity index (χ2n) is 4.50. The van der Waals surface area contributed by atoms with Crippen molar-refractivity contribution in [2.24, 2.45) is 0 Å². The molecule has 0 aliphatic heterocycles. The number of aryl methyl sites for hydroxylation is 1. The number of nitro benzene ring substituents is 1. The number of aromatic hydroxyl groups is 1. The number of anilines is 2. The summed E-state index contributed by atoms with van der Waals surface area (Å²) in [6.07, 6.45) is 0. The van der Waals surface area contributed by atoms with Crippen LogP contribution in [-0.4, -0.2) is 15.1 Å². The van der Waals surface area contributed by atoms with E-state index >= 15 is 0 Å². The van der Waals surface area contributed by atoms with E-state index in [1.807, 2.05) is 0 Å². The lowest BCUT2D eigenvalue weighted by Crippen LogP contribution is -2.19. The van der Waals surface area contributed by atoms with E-state index in [0.29, 0.717) is 11.3 Å². The Morgan fingerprint density at radius 1 is 1.27 bits per heavy atom. The predicted octanol–water partition coefficient (Wildman–Crippen LogP) is 3.56. The summed E-state index contributed by atoms with van der Waals surface area (Å²) >= 11 is 5.04. The molecule has 0 aliphatic rings. The molecule has 8 heteroatoms. The Balaban J connectivity index is 2.13. The van der Waals surface area contributed by atoms with Crippen LogP contribution >= 0.6 is 12.2 Å². The van der Waals surface area contributed by atoms with Gasteiger partial charge in [0.1, 0.15) is 11.6 Å². The van der Waals surface area contributed by atoms with Crippen LogP contribution in [0.2, 0.25) is 0 Å². The molecule has 0 amide bonds. The number of benzene rings is 2. The molecule has 2 aromatic carbocycles. The van der Waals surface area contributed by atoms with Crippen molar-refractivity contribution in [3.8, 4) is 5.75 Å². The number of nitro groups is 1. The molecule has 0 spiro atoms. The molecule has 114 valence electrons. The number of rotatable bonds is 3. The topological polar surface area (TPSA) is 87.4 Å². The van der Waals surface area contributed by atoms with Gasteiger partial charge in [0.25, 0.3) is 5.69 Å². The zero-order valence-electron chi connectivity index (χ0n) is 11.5. The van der Waals surface area contributed by atoms with E-state index < -0.39 is 4.92 Å². The number of nitrogens with zero attached hydrogens (tertiary/aromatic N) is 1. The summed E-state index contributed by atoms with van der Waals surface area (Å²) in [7, 11) is 0. The third-order valence-corrected chi connectivity index (χ3v) is 3.07. The number of hydrogen-bond donors (Lipinski definition) is 3. The van der Waals surface area contributed by atoms with Crippen LogP contribution in [-0.2, 0) is 0 Å². The van der Waals surface area contributed by atoms with Gasteiger partial charge in [-0.15, -0.1) is 0 Å². The smallest absolute Gasteiger partial charge is 0.271 e. The fourth-order valence-corrected chi connectivity index (χ4v) is 1.92. The van der Waals surface area contributed by atoms with Gasteiger partial charge in [-0.05, 0) is 42.9 Å². The number of halogens is 1. The molecule has 6 nitrogen and oxygen atoms in total. The summed E-state index contributed by atoms with van der Waals surface area (Å²) in [5.74, 6) is -0.573. The summed E-state index contributed by atoms with van der Waals surface area (Å²) in [5, 5.41) is 25.8. The first kappa shape index (κ1) is 15.6. The first-order valence-corrected chi connectivity index (χ1v) is 6.59. The molecule has 0 aromatic heterocycles. The Bertz CT molecular complexity index is 752.